The van der Waals surface area contributed by atoms with Gasteiger partial charge in [-0.15, -0.1) is 0 Å². The number of halogens is 1. The molecule has 1 N–H and O–H groups in total. The third kappa shape index (κ3) is 2.71. The molecule has 1 saturated carbocycles. The average Bonchev–Trinajstić information content (AvgIpc) is 2.39. The number of benzene rings is 1. The summed E-state index contributed by atoms with van der Waals surface area (Å²) in [6.07, 6.45) is 5.13. The molecule has 1 fully saturated rings. The van der Waals surface area contributed by atoms with E-state index in [1.807, 2.05) is 0 Å². The van der Waals surface area contributed by atoms with E-state index in [1.165, 1.54) is 23.2 Å². The van der Waals surface area contributed by atoms with Crippen molar-refractivity contribution in [1.82, 2.24) is 9.78 Å². The Balaban J connectivity index is 1.77. The van der Waals surface area contributed by atoms with Gasteiger partial charge in [0.05, 0.1) is 18.4 Å². The molecule has 1 aromatic carbocycles. The molecule has 20 heavy (non-hydrogen) atoms. The zero-order chi connectivity index (χ0) is 13.9. The van der Waals surface area contributed by atoms with Crippen LogP contribution in [0.2, 0.25) is 0 Å². The Bertz CT molecular complexity index is 664. The summed E-state index contributed by atoms with van der Waals surface area (Å²) in [6, 6.07) is 8.39. The van der Waals surface area contributed by atoms with Gasteiger partial charge in [-0.2, -0.15) is 5.10 Å². The smallest absolute Gasteiger partial charge is 0.269 e. The van der Waals surface area contributed by atoms with Crippen molar-refractivity contribution in [3.63, 3.8) is 0 Å². The fourth-order valence-corrected chi connectivity index (χ4v) is 2.21. The zero-order valence-electron chi connectivity index (χ0n) is 11.1. The maximum atomic E-state index is 13.6. The Morgan fingerprint density at radius 3 is 2.80 bits per heavy atom. The summed E-state index contributed by atoms with van der Waals surface area (Å²) < 4.78 is 14.8. The van der Waals surface area contributed by atoms with E-state index in [9.17, 15) is 9.18 Å². The quantitative estimate of drug-likeness (QED) is 0.930. The van der Waals surface area contributed by atoms with Gasteiger partial charge in [0.2, 0.25) is 0 Å². The molecule has 104 valence electrons. The zero-order valence-corrected chi connectivity index (χ0v) is 11.1. The van der Waals surface area contributed by atoms with Crippen LogP contribution >= 0.6 is 0 Å². The summed E-state index contributed by atoms with van der Waals surface area (Å²) in [6.45, 7) is 0.148. The summed E-state index contributed by atoms with van der Waals surface area (Å²) in [7, 11) is 0. The van der Waals surface area contributed by atoms with Crippen molar-refractivity contribution in [1.29, 1.82) is 0 Å². The summed E-state index contributed by atoms with van der Waals surface area (Å²) in [4.78, 5) is 12.0. The number of anilines is 1. The van der Waals surface area contributed by atoms with Crippen LogP contribution in [0.25, 0.3) is 0 Å². The minimum atomic E-state index is -0.321. The minimum Gasteiger partial charge on any atom is -0.381 e. The van der Waals surface area contributed by atoms with Gasteiger partial charge < -0.3 is 5.32 Å². The highest BCUT2D eigenvalue weighted by Crippen LogP contribution is 2.22. The van der Waals surface area contributed by atoms with Gasteiger partial charge in [-0.1, -0.05) is 18.2 Å². The summed E-state index contributed by atoms with van der Waals surface area (Å²) in [5.74, 6) is -0.321. The van der Waals surface area contributed by atoms with Gasteiger partial charge in [0.1, 0.15) is 5.82 Å². The number of aromatic nitrogens is 2. The molecule has 3 rings (SSSR count). The minimum absolute atomic E-state index is 0.148. The first-order valence-corrected chi connectivity index (χ1v) is 6.79. The Morgan fingerprint density at radius 2 is 2.15 bits per heavy atom. The largest absolute Gasteiger partial charge is 0.381 e. The van der Waals surface area contributed by atoms with E-state index in [-0.39, 0.29) is 17.9 Å². The third-order valence-electron chi connectivity index (χ3n) is 3.62. The Hall–Kier alpha value is -2.17. The maximum absolute atomic E-state index is 13.6. The second-order valence-electron chi connectivity index (χ2n) is 5.10. The lowest BCUT2D eigenvalue weighted by Gasteiger charge is -2.27. The predicted octanol–water partition coefficient (Wildman–Crippen LogP) is 2.40. The van der Waals surface area contributed by atoms with E-state index in [0.717, 1.165) is 18.5 Å². The van der Waals surface area contributed by atoms with Gasteiger partial charge >= 0.3 is 0 Å². The lowest BCUT2D eigenvalue weighted by atomic mass is 9.93. The first-order chi connectivity index (χ1) is 9.72. The summed E-state index contributed by atoms with van der Waals surface area (Å²) in [5.41, 5.74) is 0.976. The molecule has 0 bridgehead atoms. The fourth-order valence-electron chi connectivity index (χ4n) is 2.21. The van der Waals surface area contributed by atoms with E-state index in [0.29, 0.717) is 11.6 Å². The van der Waals surface area contributed by atoms with Gasteiger partial charge in [-0.25, -0.2) is 9.07 Å². The van der Waals surface area contributed by atoms with E-state index in [1.54, 1.807) is 24.4 Å². The second-order valence-corrected chi connectivity index (χ2v) is 5.10. The van der Waals surface area contributed by atoms with E-state index in [2.05, 4.69) is 10.4 Å². The van der Waals surface area contributed by atoms with Crippen LogP contribution in [0.4, 0.5) is 10.1 Å². The molecule has 2 aromatic rings. The van der Waals surface area contributed by atoms with E-state index in [4.69, 9.17) is 0 Å². The Morgan fingerprint density at radius 1 is 1.35 bits per heavy atom. The highest BCUT2D eigenvalue weighted by Gasteiger charge is 2.17. The van der Waals surface area contributed by atoms with Gasteiger partial charge in [0.25, 0.3) is 5.56 Å². The van der Waals surface area contributed by atoms with Crippen LogP contribution in [0.3, 0.4) is 0 Å². The first kappa shape index (κ1) is 12.8. The number of hydrogen-bond donors (Lipinski definition) is 1. The van der Waals surface area contributed by atoms with Crippen LogP contribution in [-0.4, -0.2) is 15.8 Å². The van der Waals surface area contributed by atoms with Gasteiger partial charge in [-0.3, -0.25) is 4.79 Å². The molecule has 0 saturated heterocycles. The van der Waals surface area contributed by atoms with Crippen LogP contribution in [0, 0.1) is 5.82 Å². The highest BCUT2D eigenvalue weighted by atomic mass is 19.1. The highest BCUT2D eigenvalue weighted by molar-refractivity contribution is 5.40. The average molecular weight is 273 g/mol. The van der Waals surface area contributed by atoms with Crippen molar-refractivity contribution >= 4 is 5.69 Å². The molecule has 1 aliphatic carbocycles. The molecule has 0 unspecified atom stereocenters. The molecule has 5 heteroatoms. The molecule has 0 spiro atoms. The molecule has 0 amide bonds. The third-order valence-corrected chi connectivity index (χ3v) is 3.62. The number of rotatable bonds is 4. The predicted molar refractivity (Wildman–Crippen MR) is 75.3 cm³/mol. The Kier molecular flexibility index (Phi) is 3.50. The molecule has 1 heterocycles. The molecule has 0 radical (unpaired) electrons. The number of nitrogens with zero attached hydrogens (tertiary/aromatic N) is 2. The van der Waals surface area contributed by atoms with Crippen molar-refractivity contribution in [3.8, 4) is 0 Å². The topological polar surface area (TPSA) is 46.9 Å². The van der Waals surface area contributed by atoms with E-state index < -0.39 is 0 Å². The number of nitrogens with one attached hydrogen (secondary N) is 1. The SMILES string of the molecule is O=c1cc(NC2CCC2)cnn1Cc1ccccc1F. The maximum Gasteiger partial charge on any atom is 0.269 e. The summed E-state index contributed by atoms with van der Waals surface area (Å²) >= 11 is 0. The first-order valence-electron chi connectivity index (χ1n) is 6.79. The van der Waals surface area contributed by atoms with Crippen LogP contribution in [0.5, 0.6) is 0 Å². The molecular weight excluding hydrogens is 257 g/mol. The molecular formula is C15H16FN3O. The molecule has 1 aromatic heterocycles. The molecule has 4 nitrogen and oxygen atoms in total. The van der Waals surface area contributed by atoms with Crippen LogP contribution < -0.4 is 10.9 Å². The Labute approximate surface area is 116 Å². The van der Waals surface area contributed by atoms with Gasteiger partial charge in [0, 0.05) is 17.7 Å². The van der Waals surface area contributed by atoms with Crippen LogP contribution in [-0.2, 0) is 6.54 Å². The fraction of sp³-hybridized carbons (Fsp3) is 0.333. The molecule has 0 aliphatic heterocycles. The summed E-state index contributed by atoms with van der Waals surface area (Å²) in [5, 5.41) is 7.37. The van der Waals surface area contributed by atoms with Crippen molar-refractivity contribution in [2.24, 2.45) is 0 Å². The van der Waals surface area contributed by atoms with Crippen molar-refractivity contribution in [3.05, 3.63) is 58.3 Å². The van der Waals surface area contributed by atoms with Gasteiger partial charge in [0.15, 0.2) is 0 Å². The lowest BCUT2D eigenvalue weighted by Crippen LogP contribution is -2.29. The lowest BCUT2D eigenvalue weighted by molar-refractivity contribution is 0.445. The number of hydrogen-bond acceptors (Lipinski definition) is 3. The van der Waals surface area contributed by atoms with Crippen molar-refractivity contribution < 1.29 is 4.39 Å². The van der Waals surface area contributed by atoms with Crippen molar-refractivity contribution in [2.45, 2.75) is 31.8 Å². The molecule has 0 atom stereocenters. The second kappa shape index (κ2) is 5.45. The standard InChI is InChI=1S/C15H16FN3O/c16-14-7-2-1-4-11(14)10-19-15(20)8-13(9-17-19)18-12-5-3-6-12/h1-2,4,7-9,12,18H,3,5-6,10H2. The van der Waals surface area contributed by atoms with Crippen LogP contribution in [0.15, 0.2) is 41.3 Å². The van der Waals surface area contributed by atoms with Crippen LogP contribution in [0.1, 0.15) is 24.8 Å². The van der Waals surface area contributed by atoms with Gasteiger partial charge in [-0.05, 0) is 25.3 Å². The normalized spacial score (nSPS) is 14.8. The monoisotopic (exact) mass is 273 g/mol. The molecule has 1 aliphatic rings. The van der Waals surface area contributed by atoms with Crippen molar-refractivity contribution in [2.75, 3.05) is 5.32 Å². The van der Waals surface area contributed by atoms with E-state index >= 15 is 0 Å².